The standard InChI is InChI=1S/C23H29ClN4O3/c1-4-5-21(29)26-18-11-12-19(24)20(14-18)27-22(30)15-25-17-9-6-16(7-10-17)8-13-23(31)28(2)3/h6-7,9-12,14,25H,4-5,8,13,15H2,1-3H3,(H,26,29)(H,27,30). The summed E-state index contributed by atoms with van der Waals surface area (Å²) >= 11 is 6.17. The van der Waals surface area contributed by atoms with Gasteiger partial charge in [-0.3, -0.25) is 14.4 Å². The SMILES string of the molecule is CCCC(=O)Nc1ccc(Cl)c(NC(=O)CNc2ccc(CCC(=O)N(C)C)cc2)c1. The molecule has 0 aromatic heterocycles. The first-order valence-electron chi connectivity index (χ1n) is 10.2. The van der Waals surface area contributed by atoms with Crippen LogP contribution in [0.4, 0.5) is 17.1 Å². The summed E-state index contributed by atoms with van der Waals surface area (Å²) in [6, 6.07) is 12.6. The Labute approximate surface area is 188 Å². The number of anilines is 3. The Morgan fingerprint density at radius 2 is 1.58 bits per heavy atom. The smallest absolute Gasteiger partial charge is 0.243 e. The monoisotopic (exact) mass is 444 g/mol. The van der Waals surface area contributed by atoms with Gasteiger partial charge in [-0.05, 0) is 48.7 Å². The fraction of sp³-hybridized carbons (Fsp3) is 0.348. The van der Waals surface area contributed by atoms with Crippen molar-refractivity contribution in [1.82, 2.24) is 4.90 Å². The van der Waals surface area contributed by atoms with E-state index in [4.69, 9.17) is 11.6 Å². The summed E-state index contributed by atoms with van der Waals surface area (Å²) in [6.45, 7) is 1.99. The molecule has 0 radical (unpaired) electrons. The van der Waals surface area contributed by atoms with Crippen LogP contribution in [0.15, 0.2) is 42.5 Å². The van der Waals surface area contributed by atoms with Crippen LogP contribution in [0.3, 0.4) is 0 Å². The van der Waals surface area contributed by atoms with Gasteiger partial charge in [-0.2, -0.15) is 0 Å². The Balaban J connectivity index is 1.86. The summed E-state index contributed by atoms with van der Waals surface area (Å²) in [5.74, 6) is -0.260. The van der Waals surface area contributed by atoms with Crippen LogP contribution in [0.2, 0.25) is 5.02 Å². The third-order valence-electron chi connectivity index (χ3n) is 4.53. The molecule has 0 fully saturated rings. The number of aryl methyl sites for hydroxylation is 1. The van der Waals surface area contributed by atoms with Gasteiger partial charge in [-0.15, -0.1) is 0 Å². The Morgan fingerprint density at radius 1 is 0.903 bits per heavy atom. The zero-order valence-electron chi connectivity index (χ0n) is 18.1. The number of rotatable bonds is 10. The number of carbonyl (C=O) groups is 3. The minimum Gasteiger partial charge on any atom is -0.376 e. The van der Waals surface area contributed by atoms with Crippen LogP contribution >= 0.6 is 11.6 Å². The molecule has 2 rings (SSSR count). The number of nitrogens with zero attached hydrogens (tertiary/aromatic N) is 1. The summed E-state index contributed by atoms with van der Waals surface area (Å²) in [4.78, 5) is 37.3. The van der Waals surface area contributed by atoms with Gasteiger partial charge in [-0.25, -0.2) is 0 Å². The zero-order valence-corrected chi connectivity index (χ0v) is 18.9. The predicted molar refractivity (Wildman–Crippen MR) is 126 cm³/mol. The topological polar surface area (TPSA) is 90.5 Å². The van der Waals surface area contributed by atoms with E-state index in [2.05, 4.69) is 16.0 Å². The molecule has 0 aliphatic rings. The molecule has 2 aromatic carbocycles. The Bertz CT molecular complexity index is 914. The van der Waals surface area contributed by atoms with Gasteiger partial charge < -0.3 is 20.9 Å². The average molecular weight is 445 g/mol. The van der Waals surface area contributed by atoms with Crippen LogP contribution in [0.1, 0.15) is 31.7 Å². The van der Waals surface area contributed by atoms with Gasteiger partial charge in [-0.1, -0.05) is 30.7 Å². The van der Waals surface area contributed by atoms with Crippen molar-refractivity contribution in [3.05, 3.63) is 53.1 Å². The number of halogens is 1. The highest BCUT2D eigenvalue weighted by Crippen LogP contribution is 2.25. The fourth-order valence-corrected chi connectivity index (χ4v) is 2.96. The van der Waals surface area contributed by atoms with Crippen molar-refractivity contribution in [1.29, 1.82) is 0 Å². The number of benzene rings is 2. The van der Waals surface area contributed by atoms with E-state index in [1.807, 2.05) is 31.2 Å². The molecule has 8 heteroatoms. The first-order valence-corrected chi connectivity index (χ1v) is 10.6. The van der Waals surface area contributed by atoms with Gasteiger partial charge in [0.2, 0.25) is 17.7 Å². The minimum absolute atomic E-state index is 0.0568. The quantitative estimate of drug-likeness (QED) is 0.513. The van der Waals surface area contributed by atoms with E-state index >= 15 is 0 Å². The van der Waals surface area contributed by atoms with E-state index in [0.29, 0.717) is 35.7 Å². The molecular formula is C23H29ClN4O3. The third kappa shape index (κ3) is 8.30. The number of nitrogens with one attached hydrogen (secondary N) is 3. The van der Waals surface area contributed by atoms with E-state index < -0.39 is 0 Å². The molecule has 3 N–H and O–H groups in total. The van der Waals surface area contributed by atoms with Crippen LogP contribution in [0, 0.1) is 0 Å². The van der Waals surface area contributed by atoms with Crippen molar-refractivity contribution >= 4 is 46.4 Å². The van der Waals surface area contributed by atoms with Crippen LogP contribution in [-0.4, -0.2) is 43.3 Å². The van der Waals surface area contributed by atoms with Crippen LogP contribution < -0.4 is 16.0 Å². The van der Waals surface area contributed by atoms with Crippen LogP contribution in [0.25, 0.3) is 0 Å². The molecule has 31 heavy (non-hydrogen) atoms. The van der Waals surface area contributed by atoms with Gasteiger partial charge in [0.15, 0.2) is 0 Å². The van der Waals surface area contributed by atoms with Crippen molar-refractivity contribution in [2.24, 2.45) is 0 Å². The van der Waals surface area contributed by atoms with Gasteiger partial charge in [0.25, 0.3) is 0 Å². The molecule has 0 heterocycles. The molecule has 2 aromatic rings. The lowest BCUT2D eigenvalue weighted by Crippen LogP contribution is -2.22. The summed E-state index contributed by atoms with van der Waals surface area (Å²) in [7, 11) is 3.48. The number of hydrogen-bond acceptors (Lipinski definition) is 4. The second-order valence-electron chi connectivity index (χ2n) is 7.38. The van der Waals surface area contributed by atoms with Crippen LogP contribution in [0.5, 0.6) is 0 Å². The summed E-state index contributed by atoms with van der Waals surface area (Å²) < 4.78 is 0. The average Bonchev–Trinajstić information content (AvgIpc) is 2.73. The van der Waals surface area contributed by atoms with E-state index in [1.54, 1.807) is 37.2 Å². The van der Waals surface area contributed by atoms with Crippen molar-refractivity contribution in [3.8, 4) is 0 Å². The molecule has 0 saturated heterocycles. The molecule has 0 aliphatic carbocycles. The molecule has 0 aliphatic heterocycles. The molecule has 0 bridgehead atoms. The molecular weight excluding hydrogens is 416 g/mol. The van der Waals surface area contributed by atoms with E-state index in [9.17, 15) is 14.4 Å². The Kier molecular flexibility index (Phi) is 9.34. The number of hydrogen-bond donors (Lipinski definition) is 3. The van der Waals surface area contributed by atoms with Gasteiger partial charge in [0.1, 0.15) is 0 Å². The van der Waals surface area contributed by atoms with Crippen molar-refractivity contribution in [3.63, 3.8) is 0 Å². The molecule has 3 amide bonds. The first kappa shape index (κ1) is 24.2. The van der Waals surface area contributed by atoms with Crippen molar-refractivity contribution in [2.75, 3.05) is 36.6 Å². The molecule has 7 nitrogen and oxygen atoms in total. The van der Waals surface area contributed by atoms with E-state index in [0.717, 1.165) is 17.7 Å². The highest BCUT2D eigenvalue weighted by molar-refractivity contribution is 6.33. The molecule has 0 atom stereocenters. The summed E-state index contributed by atoms with van der Waals surface area (Å²) in [5, 5.41) is 8.98. The molecule has 0 saturated carbocycles. The lowest BCUT2D eigenvalue weighted by molar-refractivity contribution is -0.128. The summed E-state index contributed by atoms with van der Waals surface area (Å²) in [5.41, 5.74) is 2.86. The van der Waals surface area contributed by atoms with Gasteiger partial charge in [0, 0.05) is 38.3 Å². The first-order chi connectivity index (χ1) is 14.8. The highest BCUT2D eigenvalue weighted by Gasteiger charge is 2.09. The second-order valence-corrected chi connectivity index (χ2v) is 7.79. The highest BCUT2D eigenvalue weighted by atomic mass is 35.5. The normalized spacial score (nSPS) is 10.3. The fourth-order valence-electron chi connectivity index (χ4n) is 2.79. The van der Waals surface area contributed by atoms with E-state index in [-0.39, 0.29) is 24.3 Å². The van der Waals surface area contributed by atoms with Crippen LogP contribution in [-0.2, 0) is 20.8 Å². The van der Waals surface area contributed by atoms with Gasteiger partial charge >= 0.3 is 0 Å². The maximum Gasteiger partial charge on any atom is 0.243 e. The van der Waals surface area contributed by atoms with Crippen molar-refractivity contribution in [2.45, 2.75) is 32.6 Å². The third-order valence-corrected chi connectivity index (χ3v) is 4.86. The molecule has 166 valence electrons. The summed E-state index contributed by atoms with van der Waals surface area (Å²) in [6.07, 6.45) is 2.31. The largest absolute Gasteiger partial charge is 0.376 e. The lowest BCUT2D eigenvalue weighted by Gasteiger charge is -2.12. The maximum atomic E-state index is 12.3. The van der Waals surface area contributed by atoms with Gasteiger partial charge in [0.05, 0.1) is 17.3 Å². The Morgan fingerprint density at radius 3 is 2.23 bits per heavy atom. The second kappa shape index (κ2) is 12.0. The number of amides is 3. The number of carbonyl (C=O) groups excluding carboxylic acids is 3. The predicted octanol–water partition coefficient (Wildman–Crippen LogP) is 4.15. The van der Waals surface area contributed by atoms with E-state index in [1.165, 1.54) is 0 Å². The lowest BCUT2D eigenvalue weighted by atomic mass is 10.1. The molecule has 0 spiro atoms. The zero-order chi connectivity index (χ0) is 22.8. The molecule has 0 unspecified atom stereocenters. The van der Waals surface area contributed by atoms with Crippen molar-refractivity contribution < 1.29 is 14.4 Å². The Hall–Kier alpha value is -3.06. The minimum atomic E-state index is -0.264. The maximum absolute atomic E-state index is 12.3.